The summed E-state index contributed by atoms with van der Waals surface area (Å²) < 4.78 is 0. The van der Waals surface area contributed by atoms with Crippen LogP contribution < -0.4 is 10.2 Å². The SMILES string of the molecule is CCNc1nc(N2CCC(O)C(C)C2)c2ccsc2n1. The Morgan fingerprint density at radius 1 is 1.50 bits per heavy atom. The summed E-state index contributed by atoms with van der Waals surface area (Å²) in [6.07, 6.45) is 0.604. The maximum Gasteiger partial charge on any atom is 0.226 e. The predicted octanol–water partition coefficient (Wildman–Crippen LogP) is 2.33. The minimum Gasteiger partial charge on any atom is -0.393 e. The van der Waals surface area contributed by atoms with Crippen molar-refractivity contribution in [1.82, 2.24) is 9.97 Å². The molecule has 2 atom stereocenters. The lowest BCUT2D eigenvalue weighted by atomic mass is 9.97. The van der Waals surface area contributed by atoms with Crippen molar-refractivity contribution >= 4 is 33.3 Å². The Bertz CT molecular complexity index is 600. The Kier molecular flexibility index (Phi) is 3.76. The third kappa shape index (κ3) is 2.45. The van der Waals surface area contributed by atoms with Gasteiger partial charge in [0.05, 0.1) is 11.5 Å². The van der Waals surface area contributed by atoms with E-state index < -0.39 is 0 Å². The predicted molar refractivity (Wildman–Crippen MR) is 83.6 cm³/mol. The van der Waals surface area contributed by atoms with E-state index in [1.54, 1.807) is 11.3 Å². The van der Waals surface area contributed by atoms with Gasteiger partial charge in [0.25, 0.3) is 0 Å². The Hall–Kier alpha value is -1.40. The number of hydrogen-bond donors (Lipinski definition) is 2. The lowest BCUT2D eigenvalue weighted by Gasteiger charge is -2.35. The van der Waals surface area contributed by atoms with Gasteiger partial charge in [-0.3, -0.25) is 0 Å². The Morgan fingerprint density at radius 2 is 2.35 bits per heavy atom. The van der Waals surface area contributed by atoms with Crippen LogP contribution in [0.2, 0.25) is 0 Å². The first kappa shape index (κ1) is 13.6. The quantitative estimate of drug-likeness (QED) is 0.909. The first-order chi connectivity index (χ1) is 9.69. The summed E-state index contributed by atoms with van der Waals surface area (Å²) in [7, 11) is 0. The van der Waals surface area contributed by atoms with E-state index in [2.05, 4.69) is 38.6 Å². The number of hydrogen-bond acceptors (Lipinski definition) is 6. The van der Waals surface area contributed by atoms with Gasteiger partial charge in [-0.1, -0.05) is 6.92 Å². The van der Waals surface area contributed by atoms with Crippen molar-refractivity contribution in [2.45, 2.75) is 26.4 Å². The first-order valence-electron chi connectivity index (χ1n) is 7.11. The van der Waals surface area contributed by atoms with Gasteiger partial charge in [-0.05, 0) is 30.7 Å². The second-order valence-corrected chi connectivity index (χ2v) is 6.21. The number of rotatable bonds is 3. The first-order valence-corrected chi connectivity index (χ1v) is 7.99. The van der Waals surface area contributed by atoms with E-state index in [-0.39, 0.29) is 12.0 Å². The van der Waals surface area contributed by atoms with Crippen LogP contribution in [0.3, 0.4) is 0 Å². The van der Waals surface area contributed by atoms with Crippen molar-refractivity contribution in [2.75, 3.05) is 29.9 Å². The summed E-state index contributed by atoms with van der Waals surface area (Å²) in [5, 5.41) is 16.2. The molecule has 0 spiro atoms. The number of anilines is 2. The molecule has 0 bridgehead atoms. The van der Waals surface area contributed by atoms with Gasteiger partial charge in [-0.2, -0.15) is 4.98 Å². The smallest absolute Gasteiger partial charge is 0.226 e. The fourth-order valence-electron chi connectivity index (χ4n) is 2.64. The maximum absolute atomic E-state index is 9.88. The average molecular weight is 292 g/mol. The topological polar surface area (TPSA) is 61.3 Å². The van der Waals surface area contributed by atoms with E-state index in [1.165, 1.54) is 0 Å². The second-order valence-electron chi connectivity index (χ2n) is 5.32. The maximum atomic E-state index is 9.88. The molecule has 5 nitrogen and oxygen atoms in total. The molecule has 2 aromatic heterocycles. The van der Waals surface area contributed by atoms with Gasteiger partial charge in [0, 0.05) is 19.6 Å². The number of fused-ring (bicyclic) bond motifs is 1. The molecule has 0 amide bonds. The normalized spacial score (nSPS) is 23.2. The molecule has 1 aliphatic heterocycles. The third-order valence-corrected chi connectivity index (χ3v) is 4.61. The zero-order valence-electron chi connectivity index (χ0n) is 11.8. The van der Waals surface area contributed by atoms with E-state index in [4.69, 9.17) is 0 Å². The molecule has 0 aromatic carbocycles. The van der Waals surface area contributed by atoms with Crippen molar-refractivity contribution in [2.24, 2.45) is 5.92 Å². The van der Waals surface area contributed by atoms with Crippen molar-refractivity contribution < 1.29 is 5.11 Å². The van der Waals surface area contributed by atoms with Gasteiger partial charge in [0.15, 0.2) is 0 Å². The zero-order chi connectivity index (χ0) is 14.1. The van der Waals surface area contributed by atoms with E-state index in [0.29, 0.717) is 5.95 Å². The summed E-state index contributed by atoms with van der Waals surface area (Å²) in [6.45, 7) is 6.63. The second kappa shape index (κ2) is 5.54. The molecule has 0 aliphatic carbocycles. The molecule has 1 saturated heterocycles. The highest BCUT2D eigenvalue weighted by Crippen LogP contribution is 2.31. The highest BCUT2D eigenvalue weighted by atomic mass is 32.1. The van der Waals surface area contributed by atoms with Crippen LogP contribution in [0.15, 0.2) is 11.4 Å². The van der Waals surface area contributed by atoms with Crippen LogP contribution in [-0.2, 0) is 0 Å². The van der Waals surface area contributed by atoms with Gasteiger partial charge < -0.3 is 15.3 Å². The zero-order valence-corrected chi connectivity index (χ0v) is 12.7. The van der Waals surface area contributed by atoms with Crippen LogP contribution in [0.1, 0.15) is 20.3 Å². The number of thiophene rings is 1. The van der Waals surface area contributed by atoms with Gasteiger partial charge in [-0.15, -0.1) is 11.3 Å². The molecule has 1 aliphatic rings. The molecule has 0 radical (unpaired) electrons. The molecular weight excluding hydrogens is 272 g/mol. The van der Waals surface area contributed by atoms with Crippen LogP contribution in [0.5, 0.6) is 0 Å². The fourth-order valence-corrected chi connectivity index (χ4v) is 3.40. The van der Waals surface area contributed by atoms with E-state index in [0.717, 1.165) is 42.1 Å². The van der Waals surface area contributed by atoms with Gasteiger partial charge in [-0.25, -0.2) is 4.98 Å². The number of aromatic nitrogens is 2. The van der Waals surface area contributed by atoms with E-state index in [1.807, 2.05) is 6.92 Å². The van der Waals surface area contributed by atoms with Gasteiger partial charge >= 0.3 is 0 Å². The molecular formula is C14H20N4OS. The van der Waals surface area contributed by atoms with Crippen molar-refractivity contribution in [3.05, 3.63) is 11.4 Å². The third-order valence-electron chi connectivity index (χ3n) is 3.80. The number of aliphatic hydroxyl groups is 1. The van der Waals surface area contributed by atoms with Gasteiger partial charge in [0.1, 0.15) is 10.6 Å². The average Bonchev–Trinajstić information content (AvgIpc) is 2.89. The summed E-state index contributed by atoms with van der Waals surface area (Å²) in [4.78, 5) is 12.5. The number of piperidine rings is 1. The van der Waals surface area contributed by atoms with E-state index in [9.17, 15) is 5.11 Å². The van der Waals surface area contributed by atoms with Crippen LogP contribution >= 0.6 is 11.3 Å². The standard InChI is InChI=1S/C14H20N4OS/c1-3-15-14-16-12(10-5-7-20-13(10)17-14)18-6-4-11(19)9(2)8-18/h5,7,9,11,19H,3-4,6,8H2,1-2H3,(H,15,16,17). The van der Waals surface area contributed by atoms with Crippen LogP contribution in [0.25, 0.3) is 10.2 Å². The molecule has 108 valence electrons. The molecule has 1 fully saturated rings. The van der Waals surface area contributed by atoms with Crippen LogP contribution in [0.4, 0.5) is 11.8 Å². The minimum absolute atomic E-state index is 0.195. The minimum atomic E-state index is -0.195. The van der Waals surface area contributed by atoms with Crippen LogP contribution in [0, 0.1) is 5.92 Å². The Labute approximate surface area is 122 Å². The molecule has 2 unspecified atom stereocenters. The molecule has 20 heavy (non-hydrogen) atoms. The highest BCUT2D eigenvalue weighted by Gasteiger charge is 2.26. The lowest BCUT2D eigenvalue weighted by molar-refractivity contribution is 0.0970. The largest absolute Gasteiger partial charge is 0.393 e. The van der Waals surface area contributed by atoms with Crippen molar-refractivity contribution in [3.8, 4) is 0 Å². The van der Waals surface area contributed by atoms with E-state index >= 15 is 0 Å². The number of nitrogens with one attached hydrogen (secondary N) is 1. The van der Waals surface area contributed by atoms with Gasteiger partial charge in [0.2, 0.25) is 5.95 Å². The molecule has 2 aromatic rings. The Balaban J connectivity index is 1.98. The summed E-state index contributed by atoms with van der Waals surface area (Å²) in [6, 6.07) is 2.08. The molecule has 6 heteroatoms. The monoisotopic (exact) mass is 292 g/mol. The fraction of sp³-hybridized carbons (Fsp3) is 0.571. The number of nitrogens with zero attached hydrogens (tertiary/aromatic N) is 3. The summed E-state index contributed by atoms with van der Waals surface area (Å²) in [5.74, 6) is 1.96. The molecule has 3 heterocycles. The summed E-state index contributed by atoms with van der Waals surface area (Å²) in [5.41, 5.74) is 0. The molecule has 0 saturated carbocycles. The van der Waals surface area contributed by atoms with Crippen molar-refractivity contribution in [3.63, 3.8) is 0 Å². The summed E-state index contributed by atoms with van der Waals surface area (Å²) >= 11 is 1.64. The highest BCUT2D eigenvalue weighted by molar-refractivity contribution is 7.16. The Morgan fingerprint density at radius 3 is 3.10 bits per heavy atom. The van der Waals surface area contributed by atoms with Crippen molar-refractivity contribution in [1.29, 1.82) is 0 Å². The van der Waals surface area contributed by atoms with Crippen LogP contribution in [-0.4, -0.2) is 40.8 Å². The molecule has 2 N–H and O–H groups in total. The lowest BCUT2D eigenvalue weighted by Crippen LogP contribution is -2.42. The molecule has 3 rings (SSSR count). The number of aliphatic hydroxyl groups excluding tert-OH is 1.